The molecule has 5 rings (SSSR count). The molecule has 1 unspecified atom stereocenters. The molecule has 4 bridgehead atoms. The molecule has 0 aromatic carbocycles. The van der Waals surface area contributed by atoms with Crippen molar-refractivity contribution in [3.63, 3.8) is 0 Å². The van der Waals surface area contributed by atoms with Gasteiger partial charge in [-0.1, -0.05) is 0 Å². The van der Waals surface area contributed by atoms with Crippen molar-refractivity contribution in [1.82, 2.24) is 4.90 Å². The summed E-state index contributed by atoms with van der Waals surface area (Å²) >= 11 is 0. The highest BCUT2D eigenvalue weighted by molar-refractivity contribution is 5.70. The summed E-state index contributed by atoms with van der Waals surface area (Å²) in [6.45, 7) is 1.85. The lowest BCUT2D eigenvalue weighted by molar-refractivity contribution is -0.141. The van der Waals surface area contributed by atoms with Crippen LogP contribution in [0.15, 0.2) is 0 Å². The van der Waals surface area contributed by atoms with Gasteiger partial charge < -0.3 is 5.11 Å². The summed E-state index contributed by atoms with van der Waals surface area (Å²) in [4.78, 5) is 13.7. The molecule has 0 spiro atoms. The SMILES string of the molecule is O=C(O)C1CCN(C2C3CC4CC(C3)CC2C4)C1. The summed E-state index contributed by atoms with van der Waals surface area (Å²) in [6, 6.07) is 0.738. The van der Waals surface area contributed by atoms with E-state index < -0.39 is 5.97 Å². The number of hydrogen-bond acceptors (Lipinski definition) is 2. The Labute approximate surface area is 109 Å². The van der Waals surface area contributed by atoms with Crippen LogP contribution in [-0.2, 0) is 4.79 Å². The number of aliphatic carboxylic acids is 1. The maximum absolute atomic E-state index is 11.1. The van der Waals surface area contributed by atoms with Crippen molar-refractivity contribution in [3.8, 4) is 0 Å². The number of hydrogen-bond donors (Lipinski definition) is 1. The topological polar surface area (TPSA) is 40.5 Å². The Bertz CT molecular complexity index is 340. The normalized spacial score (nSPS) is 50.9. The van der Waals surface area contributed by atoms with Crippen molar-refractivity contribution in [3.05, 3.63) is 0 Å². The van der Waals surface area contributed by atoms with E-state index in [0.29, 0.717) is 0 Å². The quantitative estimate of drug-likeness (QED) is 0.815. The molecule has 0 radical (unpaired) electrons. The van der Waals surface area contributed by atoms with Gasteiger partial charge in [-0.05, 0) is 68.7 Å². The molecule has 0 aromatic heterocycles. The Morgan fingerprint density at radius 1 is 1.00 bits per heavy atom. The highest BCUT2D eigenvalue weighted by Gasteiger charge is 2.51. The van der Waals surface area contributed by atoms with Crippen LogP contribution in [0.25, 0.3) is 0 Å². The number of carboxylic acid groups (broad SMARTS) is 1. The molecule has 0 amide bonds. The van der Waals surface area contributed by atoms with Crippen molar-refractivity contribution < 1.29 is 9.90 Å². The van der Waals surface area contributed by atoms with Crippen LogP contribution < -0.4 is 0 Å². The second-order valence-electron chi connectivity index (χ2n) is 7.24. The van der Waals surface area contributed by atoms with Crippen molar-refractivity contribution in [2.24, 2.45) is 29.6 Å². The monoisotopic (exact) mass is 249 g/mol. The van der Waals surface area contributed by atoms with Gasteiger partial charge in [-0.3, -0.25) is 9.69 Å². The highest BCUT2D eigenvalue weighted by Crippen LogP contribution is 2.55. The van der Waals surface area contributed by atoms with E-state index in [9.17, 15) is 4.79 Å². The lowest BCUT2D eigenvalue weighted by Gasteiger charge is -2.56. The Hall–Kier alpha value is -0.570. The minimum absolute atomic E-state index is 0.0952. The molecule has 4 aliphatic carbocycles. The van der Waals surface area contributed by atoms with E-state index in [0.717, 1.165) is 49.2 Å². The van der Waals surface area contributed by atoms with Gasteiger partial charge in [0, 0.05) is 12.6 Å². The van der Waals surface area contributed by atoms with Crippen molar-refractivity contribution in [2.75, 3.05) is 13.1 Å². The fourth-order valence-electron chi connectivity index (χ4n) is 5.75. The van der Waals surface area contributed by atoms with Crippen LogP contribution in [0.2, 0.25) is 0 Å². The molecule has 1 atom stereocenters. The summed E-state index contributed by atoms with van der Waals surface area (Å²) < 4.78 is 0. The van der Waals surface area contributed by atoms with Gasteiger partial charge in [0.05, 0.1) is 5.92 Å². The van der Waals surface area contributed by atoms with Crippen LogP contribution >= 0.6 is 0 Å². The number of carboxylic acids is 1. The van der Waals surface area contributed by atoms with E-state index >= 15 is 0 Å². The predicted molar refractivity (Wildman–Crippen MR) is 68.1 cm³/mol. The van der Waals surface area contributed by atoms with Crippen molar-refractivity contribution in [1.29, 1.82) is 0 Å². The van der Waals surface area contributed by atoms with Crippen LogP contribution in [0.5, 0.6) is 0 Å². The first-order valence-electron chi connectivity index (χ1n) is 7.67. The van der Waals surface area contributed by atoms with Gasteiger partial charge in [0.15, 0.2) is 0 Å². The summed E-state index contributed by atoms with van der Waals surface area (Å²) in [5, 5.41) is 9.15. The molecule has 18 heavy (non-hydrogen) atoms. The molecule has 1 heterocycles. The first-order chi connectivity index (χ1) is 8.70. The summed E-state index contributed by atoms with van der Waals surface area (Å²) in [5.74, 6) is 3.15. The average molecular weight is 249 g/mol. The first kappa shape index (κ1) is 11.3. The molecule has 1 saturated heterocycles. The smallest absolute Gasteiger partial charge is 0.307 e. The standard InChI is InChI=1S/C15H23NO2/c17-15(18)11-1-2-16(8-11)14-12-4-9-3-10(6-12)7-13(14)5-9/h9-14H,1-8H2,(H,17,18). The Balaban J connectivity index is 1.50. The zero-order valence-electron chi connectivity index (χ0n) is 10.9. The van der Waals surface area contributed by atoms with Gasteiger partial charge in [0.1, 0.15) is 0 Å². The minimum atomic E-state index is -0.582. The van der Waals surface area contributed by atoms with Crippen LogP contribution in [0.3, 0.4) is 0 Å². The lowest BCUT2D eigenvalue weighted by atomic mass is 9.54. The predicted octanol–water partition coefficient (Wildman–Crippen LogP) is 2.22. The third-order valence-electron chi connectivity index (χ3n) is 6.17. The van der Waals surface area contributed by atoms with Gasteiger partial charge in [-0.2, -0.15) is 0 Å². The molecule has 5 fully saturated rings. The zero-order chi connectivity index (χ0) is 12.3. The summed E-state index contributed by atoms with van der Waals surface area (Å²) in [6.07, 6.45) is 8.12. The summed E-state index contributed by atoms with van der Waals surface area (Å²) in [7, 11) is 0. The van der Waals surface area contributed by atoms with Crippen LogP contribution in [-0.4, -0.2) is 35.1 Å². The van der Waals surface area contributed by atoms with Crippen molar-refractivity contribution >= 4 is 5.97 Å². The number of nitrogens with zero attached hydrogens (tertiary/aromatic N) is 1. The largest absolute Gasteiger partial charge is 0.481 e. The molecular weight excluding hydrogens is 226 g/mol. The zero-order valence-corrected chi connectivity index (χ0v) is 10.9. The van der Waals surface area contributed by atoms with Gasteiger partial charge in [0.25, 0.3) is 0 Å². The second-order valence-corrected chi connectivity index (χ2v) is 7.24. The molecule has 0 aromatic rings. The molecule has 3 heteroatoms. The number of carbonyl (C=O) groups is 1. The second kappa shape index (κ2) is 3.96. The molecule has 1 N–H and O–H groups in total. The third kappa shape index (κ3) is 1.63. The lowest BCUT2D eigenvalue weighted by Crippen LogP contribution is -2.55. The van der Waals surface area contributed by atoms with E-state index in [1.54, 1.807) is 0 Å². The average Bonchev–Trinajstić information content (AvgIpc) is 2.77. The Kier molecular flexibility index (Phi) is 2.48. The molecule has 100 valence electrons. The molecule has 4 saturated carbocycles. The van der Waals surface area contributed by atoms with Crippen LogP contribution in [0.1, 0.15) is 38.5 Å². The minimum Gasteiger partial charge on any atom is -0.481 e. The van der Waals surface area contributed by atoms with E-state index in [-0.39, 0.29) is 5.92 Å². The van der Waals surface area contributed by atoms with E-state index in [4.69, 9.17) is 5.11 Å². The van der Waals surface area contributed by atoms with E-state index in [2.05, 4.69) is 4.90 Å². The molecular formula is C15H23NO2. The highest BCUT2D eigenvalue weighted by atomic mass is 16.4. The van der Waals surface area contributed by atoms with Crippen molar-refractivity contribution in [2.45, 2.75) is 44.6 Å². The number of rotatable bonds is 2. The van der Waals surface area contributed by atoms with E-state index in [1.165, 1.54) is 32.1 Å². The van der Waals surface area contributed by atoms with E-state index in [1.807, 2.05) is 0 Å². The van der Waals surface area contributed by atoms with Gasteiger partial charge in [-0.15, -0.1) is 0 Å². The first-order valence-corrected chi connectivity index (χ1v) is 7.67. The fourth-order valence-corrected chi connectivity index (χ4v) is 5.75. The molecule has 5 aliphatic rings. The van der Waals surface area contributed by atoms with Crippen LogP contribution in [0, 0.1) is 29.6 Å². The van der Waals surface area contributed by atoms with Gasteiger partial charge in [-0.25, -0.2) is 0 Å². The third-order valence-corrected chi connectivity index (χ3v) is 6.17. The molecule has 3 nitrogen and oxygen atoms in total. The Morgan fingerprint density at radius 2 is 1.61 bits per heavy atom. The Morgan fingerprint density at radius 3 is 2.11 bits per heavy atom. The molecule has 1 aliphatic heterocycles. The van der Waals surface area contributed by atoms with Gasteiger partial charge in [0.2, 0.25) is 0 Å². The fraction of sp³-hybridized carbons (Fsp3) is 0.933. The maximum atomic E-state index is 11.1. The number of likely N-dealkylation sites (tertiary alicyclic amines) is 1. The summed E-state index contributed by atoms with van der Waals surface area (Å²) in [5.41, 5.74) is 0. The maximum Gasteiger partial charge on any atom is 0.307 e. The van der Waals surface area contributed by atoms with Gasteiger partial charge >= 0.3 is 5.97 Å². The van der Waals surface area contributed by atoms with Crippen LogP contribution in [0.4, 0.5) is 0 Å².